The first-order valence-corrected chi connectivity index (χ1v) is 8.74. The fourth-order valence-electron chi connectivity index (χ4n) is 1.64. The van der Waals surface area contributed by atoms with E-state index in [4.69, 9.17) is 5.73 Å². The van der Waals surface area contributed by atoms with Crippen LogP contribution in [0.3, 0.4) is 0 Å². The molecule has 0 saturated carbocycles. The highest BCUT2D eigenvalue weighted by molar-refractivity contribution is 9.11. The first-order valence-electron chi connectivity index (χ1n) is 5.67. The molecule has 0 spiro atoms. The van der Waals surface area contributed by atoms with Crippen molar-refractivity contribution in [3.8, 4) is 0 Å². The van der Waals surface area contributed by atoms with Gasteiger partial charge in [-0.25, -0.2) is 13.1 Å². The Hall–Kier alpha value is -0.890. The fraction of sp³-hybridized carbons (Fsp3) is 0.0769. The van der Waals surface area contributed by atoms with Gasteiger partial charge in [-0.3, -0.25) is 0 Å². The molecule has 0 aromatic heterocycles. The van der Waals surface area contributed by atoms with E-state index in [1.54, 1.807) is 36.4 Å². The Morgan fingerprint density at radius 2 is 1.85 bits per heavy atom. The van der Waals surface area contributed by atoms with Crippen LogP contribution in [0, 0.1) is 0 Å². The Morgan fingerprint density at radius 3 is 2.55 bits per heavy atom. The second-order valence-electron chi connectivity index (χ2n) is 4.14. The minimum absolute atomic E-state index is 0.187. The lowest BCUT2D eigenvalue weighted by Gasteiger charge is -2.09. The van der Waals surface area contributed by atoms with Crippen LogP contribution < -0.4 is 10.5 Å². The maximum Gasteiger partial charge on any atom is 0.242 e. The van der Waals surface area contributed by atoms with Crippen molar-refractivity contribution in [2.45, 2.75) is 11.4 Å². The lowest BCUT2D eigenvalue weighted by molar-refractivity contribution is 0.581. The van der Waals surface area contributed by atoms with Crippen LogP contribution in [0.2, 0.25) is 0 Å². The highest BCUT2D eigenvalue weighted by Gasteiger charge is 2.17. The molecule has 0 amide bonds. The smallest absolute Gasteiger partial charge is 0.242 e. The lowest BCUT2D eigenvalue weighted by Crippen LogP contribution is -2.23. The predicted octanol–water partition coefficient (Wildman–Crippen LogP) is 3.27. The van der Waals surface area contributed by atoms with Crippen LogP contribution in [0.5, 0.6) is 0 Å². The van der Waals surface area contributed by atoms with E-state index in [2.05, 4.69) is 36.6 Å². The van der Waals surface area contributed by atoms with E-state index in [9.17, 15) is 8.42 Å². The molecule has 0 heterocycles. The first-order chi connectivity index (χ1) is 9.38. The van der Waals surface area contributed by atoms with E-state index in [0.29, 0.717) is 14.6 Å². The van der Waals surface area contributed by atoms with Gasteiger partial charge in [0.15, 0.2) is 0 Å². The molecule has 2 aromatic carbocycles. The molecular formula is C13H12Br2N2O2S. The summed E-state index contributed by atoms with van der Waals surface area (Å²) in [6, 6.07) is 12.1. The Labute approximate surface area is 134 Å². The summed E-state index contributed by atoms with van der Waals surface area (Å²) in [6.45, 7) is 0.187. The number of nitrogen functional groups attached to an aromatic ring is 1. The highest BCUT2D eigenvalue weighted by atomic mass is 79.9. The molecule has 2 aromatic rings. The van der Waals surface area contributed by atoms with Crippen LogP contribution in [0.1, 0.15) is 5.56 Å². The van der Waals surface area contributed by atoms with E-state index >= 15 is 0 Å². The summed E-state index contributed by atoms with van der Waals surface area (Å²) in [5.41, 5.74) is 7.07. The SMILES string of the molecule is Nc1cccc(CNS(=O)(=O)c2cc(Br)ccc2Br)c1. The third-order valence-corrected chi connectivity index (χ3v) is 5.49. The zero-order chi connectivity index (χ0) is 14.8. The molecule has 0 radical (unpaired) electrons. The summed E-state index contributed by atoms with van der Waals surface area (Å²) in [6.07, 6.45) is 0. The molecule has 0 fully saturated rings. The van der Waals surface area contributed by atoms with Gasteiger partial charge in [0.25, 0.3) is 0 Å². The number of halogens is 2. The average molecular weight is 420 g/mol. The summed E-state index contributed by atoms with van der Waals surface area (Å²) in [5, 5.41) is 0. The number of hydrogen-bond donors (Lipinski definition) is 2. The molecule has 0 atom stereocenters. The molecular weight excluding hydrogens is 408 g/mol. The largest absolute Gasteiger partial charge is 0.399 e. The van der Waals surface area contributed by atoms with Gasteiger partial charge in [0.1, 0.15) is 0 Å². The van der Waals surface area contributed by atoms with Gasteiger partial charge in [-0.05, 0) is 51.8 Å². The third kappa shape index (κ3) is 3.82. The van der Waals surface area contributed by atoms with Crippen molar-refractivity contribution in [2.75, 3.05) is 5.73 Å². The maximum atomic E-state index is 12.3. The van der Waals surface area contributed by atoms with Gasteiger partial charge in [0.2, 0.25) is 10.0 Å². The Bertz CT molecular complexity index is 733. The van der Waals surface area contributed by atoms with Crippen molar-refractivity contribution in [3.05, 3.63) is 57.0 Å². The summed E-state index contributed by atoms with van der Waals surface area (Å²) in [5.74, 6) is 0. The van der Waals surface area contributed by atoms with Crippen LogP contribution >= 0.6 is 31.9 Å². The summed E-state index contributed by atoms with van der Waals surface area (Å²) >= 11 is 6.51. The number of hydrogen-bond acceptors (Lipinski definition) is 3. The summed E-state index contributed by atoms with van der Waals surface area (Å²) < 4.78 is 28.3. The van der Waals surface area contributed by atoms with E-state index in [0.717, 1.165) is 5.56 Å². The quantitative estimate of drug-likeness (QED) is 0.747. The van der Waals surface area contributed by atoms with Crippen LogP contribution in [-0.2, 0) is 16.6 Å². The summed E-state index contributed by atoms with van der Waals surface area (Å²) in [7, 11) is -3.59. The van der Waals surface area contributed by atoms with Gasteiger partial charge < -0.3 is 5.73 Å². The molecule has 0 aliphatic heterocycles. The van der Waals surface area contributed by atoms with E-state index < -0.39 is 10.0 Å². The average Bonchev–Trinajstić information content (AvgIpc) is 2.39. The molecule has 7 heteroatoms. The fourth-order valence-corrected chi connectivity index (χ4v) is 4.16. The zero-order valence-corrected chi connectivity index (χ0v) is 14.3. The predicted molar refractivity (Wildman–Crippen MR) is 86.7 cm³/mol. The van der Waals surface area contributed by atoms with Gasteiger partial charge >= 0.3 is 0 Å². The first kappa shape index (κ1) is 15.5. The van der Waals surface area contributed by atoms with Crippen molar-refractivity contribution in [1.82, 2.24) is 4.72 Å². The third-order valence-electron chi connectivity index (χ3n) is 2.60. The van der Waals surface area contributed by atoms with Gasteiger partial charge in [-0.1, -0.05) is 28.1 Å². The van der Waals surface area contributed by atoms with Crippen molar-refractivity contribution >= 4 is 47.6 Å². The summed E-state index contributed by atoms with van der Waals surface area (Å²) in [4.78, 5) is 0.191. The number of sulfonamides is 1. The van der Waals surface area contributed by atoms with Crippen LogP contribution in [0.15, 0.2) is 56.3 Å². The zero-order valence-electron chi connectivity index (χ0n) is 10.3. The maximum absolute atomic E-state index is 12.3. The second-order valence-corrected chi connectivity index (χ2v) is 7.65. The lowest BCUT2D eigenvalue weighted by atomic mass is 10.2. The normalized spacial score (nSPS) is 11.5. The molecule has 3 N–H and O–H groups in total. The van der Waals surface area contributed by atoms with Gasteiger partial charge in [0.05, 0.1) is 4.90 Å². The van der Waals surface area contributed by atoms with Gasteiger partial charge in [-0.2, -0.15) is 0 Å². The van der Waals surface area contributed by atoms with Crippen molar-refractivity contribution in [1.29, 1.82) is 0 Å². The molecule has 20 heavy (non-hydrogen) atoms. The van der Waals surface area contributed by atoms with Crippen molar-refractivity contribution in [3.63, 3.8) is 0 Å². The number of nitrogens with two attached hydrogens (primary N) is 1. The molecule has 4 nitrogen and oxygen atoms in total. The van der Waals surface area contributed by atoms with Gasteiger partial charge in [0, 0.05) is 21.2 Å². The monoisotopic (exact) mass is 418 g/mol. The molecule has 0 bridgehead atoms. The standard InChI is InChI=1S/C13H12Br2N2O2S/c14-10-4-5-12(15)13(7-10)20(18,19)17-8-9-2-1-3-11(16)6-9/h1-7,17H,8,16H2. The van der Waals surface area contributed by atoms with Crippen LogP contribution in [0.25, 0.3) is 0 Å². The van der Waals surface area contributed by atoms with Gasteiger partial charge in [-0.15, -0.1) is 0 Å². The van der Waals surface area contributed by atoms with E-state index in [1.807, 2.05) is 6.07 Å². The Morgan fingerprint density at radius 1 is 1.10 bits per heavy atom. The highest BCUT2D eigenvalue weighted by Crippen LogP contribution is 2.25. The van der Waals surface area contributed by atoms with Crippen molar-refractivity contribution in [2.24, 2.45) is 0 Å². The van der Waals surface area contributed by atoms with Crippen molar-refractivity contribution < 1.29 is 8.42 Å². The second kappa shape index (κ2) is 6.26. The molecule has 106 valence electrons. The molecule has 2 rings (SSSR count). The minimum Gasteiger partial charge on any atom is -0.399 e. The van der Waals surface area contributed by atoms with Crippen LogP contribution in [-0.4, -0.2) is 8.42 Å². The number of benzene rings is 2. The Kier molecular flexibility index (Phi) is 4.85. The number of rotatable bonds is 4. The van der Waals surface area contributed by atoms with E-state index in [-0.39, 0.29) is 11.4 Å². The number of anilines is 1. The van der Waals surface area contributed by atoms with Crippen LogP contribution in [0.4, 0.5) is 5.69 Å². The molecule has 0 aliphatic rings. The molecule has 0 aliphatic carbocycles. The number of nitrogens with one attached hydrogen (secondary N) is 1. The molecule has 0 unspecified atom stereocenters. The molecule has 0 saturated heterocycles. The topological polar surface area (TPSA) is 72.2 Å². The Balaban J connectivity index is 2.21. The minimum atomic E-state index is -3.59. The van der Waals surface area contributed by atoms with E-state index in [1.165, 1.54) is 0 Å².